The Morgan fingerprint density at radius 1 is 1.00 bits per heavy atom. The fourth-order valence-electron chi connectivity index (χ4n) is 1.38. The summed E-state index contributed by atoms with van der Waals surface area (Å²) in [5, 5.41) is 2.92. The molecule has 0 amide bonds. The van der Waals surface area contributed by atoms with Crippen LogP contribution < -0.4 is 5.32 Å². The molecule has 0 spiro atoms. The third kappa shape index (κ3) is 3.19. The molecule has 0 aliphatic heterocycles. The number of rotatable bonds is 3. The van der Waals surface area contributed by atoms with Gasteiger partial charge >= 0.3 is 6.18 Å². The maximum absolute atomic E-state index is 12.3. The Labute approximate surface area is 102 Å². The maximum atomic E-state index is 12.3. The van der Waals surface area contributed by atoms with E-state index >= 15 is 0 Å². The van der Waals surface area contributed by atoms with Gasteiger partial charge in [-0.1, -0.05) is 12.1 Å². The van der Waals surface area contributed by atoms with Crippen LogP contribution in [0.1, 0.15) is 11.1 Å². The fourth-order valence-corrected chi connectivity index (χ4v) is 1.38. The molecule has 0 saturated carbocycles. The van der Waals surface area contributed by atoms with Gasteiger partial charge in [-0.25, -0.2) is 9.97 Å². The van der Waals surface area contributed by atoms with Crippen molar-refractivity contribution >= 4 is 5.95 Å². The fraction of sp³-hybridized carbons (Fsp3) is 0.167. The number of hydrogen-bond acceptors (Lipinski definition) is 3. The van der Waals surface area contributed by atoms with Gasteiger partial charge in [0.1, 0.15) is 0 Å². The first-order valence-electron chi connectivity index (χ1n) is 5.23. The highest BCUT2D eigenvalue weighted by atomic mass is 19.4. The summed E-state index contributed by atoms with van der Waals surface area (Å²) in [6.07, 6.45) is -1.13. The van der Waals surface area contributed by atoms with Crippen LogP contribution in [0.3, 0.4) is 0 Å². The van der Waals surface area contributed by atoms with Crippen LogP contribution >= 0.6 is 0 Å². The van der Waals surface area contributed by atoms with Gasteiger partial charge in [-0.3, -0.25) is 0 Å². The Hall–Kier alpha value is -2.11. The van der Waals surface area contributed by atoms with Crippen molar-refractivity contribution in [3.05, 3.63) is 53.9 Å². The lowest BCUT2D eigenvalue weighted by atomic mass is 10.1. The van der Waals surface area contributed by atoms with Crippen LogP contribution in [0.15, 0.2) is 42.7 Å². The summed E-state index contributed by atoms with van der Waals surface area (Å²) < 4.78 is 37.0. The molecular formula is C12H10F3N3. The van der Waals surface area contributed by atoms with E-state index in [0.717, 1.165) is 17.7 Å². The Morgan fingerprint density at radius 3 is 2.17 bits per heavy atom. The highest BCUT2D eigenvalue weighted by molar-refractivity contribution is 5.29. The van der Waals surface area contributed by atoms with Crippen molar-refractivity contribution in [3.63, 3.8) is 0 Å². The molecule has 1 aromatic heterocycles. The maximum Gasteiger partial charge on any atom is 0.416 e. The molecular weight excluding hydrogens is 243 g/mol. The van der Waals surface area contributed by atoms with Crippen molar-refractivity contribution in [2.24, 2.45) is 0 Å². The molecule has 1 aromatic carbocycles. The summed E-state index contributed by atoms with van der Waals surface area (Å²) in [5.74, 6) is 0.442. The Balaban J connectivity index is 1.99. The number of hydrogen-bond donors (Lipinski definition) is 1. The lowest BCUT2D eigenvalue weighted by molar-refractivity contribution is -0.137. The Bertz CT molecular complexity index is 494. The number of nitrogens with one attached hydrogen (secondary N) is 1. The van der Waals surface area contributed by atoms with E-state index in [2.05, 4.69) is 15.3 Å². The van der Waals surface area contributed by atoms with Crippen molar-refractivity contribution < 1.29 is 13.2 Å². The minimum absolute atomic E-state index is 0.377. The molecule has 1 N–H and O–H groups in total. The average molecular weight is 253 g/mol. The third-order valence-electron chi connectivity index (χ3n) is 2.30. The summed E-state index contributed by atoms with van der Waals surface area (Å²) in [5.41, 5.74) is 0.0812. The lowest BCUT2D eigenvalue weighted by Crippen LogP contribution is -2.06. The van der Waals surface area contributed by atoms with E-state index in [0.29, 0.717) is 12.5 Å². The molecule has 0 aliphatic rings. The largest absolute Gasteiger partial charge is 0.416 e. The zero-order valence-corrected chi connectivity index (χ0v) is 9.28. The van der Waals surface area contributed by atoms with Crippen LogP contribution in [-0.4, -0.2) is 9.97 Å². The molecule has 94 valence electrons. The SMILES string of the molecule is FC(F)(F)c1ccc(CNc2ncccn2)cc1. The van der Waals surface area contributed by atoms with Crippen LogP contribution in [0.4, 0.5) is 19.1 Å². The van der Waals surface area contributed by atoms with Gasteiger partial charge in [0.25, 0.3) is 0 Å². The van der Waals surface area contributed by atoms with E-state index in [1.165, 1.54) is 12.1 Å². The van der Waals surface area contributed by atoms with Crippen LogP contribution in [0.25, 0.3) is 0 Å². The molecule has 1 heterocycles. The van der Waals surface area contributed by atoms with E-state index in [1.54, 1.807) is 18.5 Å². The van der Waals surface area contributed by atoms with Gasteiger partial charge in [0, 0.05) is 18.9 Å². The van der Waals surface area contributed by atoms with Crippen LogP contribution in [-0.2, 0) is 12.7 Å². The second kappa shape index (κ2) is 5.03. The standard InChI is InChI=1S/C12H10F3N3/c13-12(14,15)10-4-2-9(3-5-10)8-18-11-16-6-1-7-17-11/h1-7H,8H2,(H,16,17,18). The molecule has 2 aromatic rings. The zero-order chi connectivity index (χ0) is 13.0. The topological polar surface area (TPSA) is 37.8 Å². The summed E-state index contributed by atoms with van der Waals surface area (Å²) >= 11 is 0. The van der Waals surface area contributed by atoms with E-state index in [4.69, 9.17) is 0 Å². The second-order valence-electron chi connectivity index (χ2n) is 3.62. The minimum atomic E-state index is -4.30. The third-order valence-corrected chi connectivity index (χ3v) is 2.30. The molecule has 0 fully saturated rings. The number of alkyl halides is 3. The number of nitrogens with zero attached hydrogens (tertiary/aromatic N) is 2. The molecule has 6 heteroatoms. The summed E-state index contributed by atoms with van der Waals surface area (Å²) in [7, 11) is 0. The Kier molecular flexibility index (Phi) is 3.45. The molecule has 0 radical (unpaired) electrons. The van der Waals surface area contributed by atoms with Crippen molar-refractivity contribution in [1.82, 2.24) is 9.97 Å². The van der Waals surface area contributed by atoms with Crippen molar-refractivity contribution in [1.29, 1.82) is 0 Å². The van der Waals surface area contributed by atoms with Gasteiger partial charge in [-0.05, 0) is 23.8 Å². The molecule has 0 aliphatic carbocycles. The van der Waals surface area contributed by atoms with Crippen LogP contribution in [0, 0.1) is 0 Å². The first-order valence-corrected chi connectivity index (χ1v) is 5.23. The van der Waals surface area contributed by atoms with E-state index in [9.17, 15) is 13.2 Å². The first kappa shape index (κ1) is 12.3. The van der Waals surface area contributed by atoms with E-state index in [1.807, 2.05) is 0 Å². The van der Waals surface area contributed by atoms with Crippen LogP contribution in [0.5, 0.6) is 0 Å². The van der Waals surface area contributed by atoms with Gasteiger partial charge in [-0.15, -0.1) is 0 Å². The van der Waals surface area contributed by atoms with Gasteiger partial charge in [0.05, 0.1) is 5.56 Å². The number of halogens is 3. The summed E-state index contributed by atoms with van der Waals surface area (Å²) in [4.78, 5) is 7.90. The highest BCUT2D eigenvalue weighted by Gasteiger charge is 2.29. The van der Waals surface area contributed by atoms with Gasteiger partial charge < -0.3 is 5.32 Å². The van der Waals surface area contributed by atoms with Crippen molar-refractivity contribution in [2.45, 2.75) is 12.7 Å². The smallest absolute Gasteiger partial charge is 0.350 e. The number of anilines is 1. The number of benzene rings is 1. The zero-order valence-electron chi connectivity index (χ0n) is 9.28. The molecule has 0 unspecified atom stereocenters. The summed E-state index contributed by atoms with van der Waals surface area (Å²) in [6, 6.07) is 6.66. The molecule has 0 saturated heterocycles. The van der Waals surface area contributed by atoms with Gasteiger partial charge in [-0.2, -0.15) is 13.2 Å². The first-order chi connectivity index (χ1) is 8.55. The molecule has 18 heavy (non-hydrogen) atoms. The quantitative estimate of drug-likeness (QED) is 0.913. The predicted octanol–water partition coefficient (Wildman–Crippen LogP) is 3.11. The van der Waals surface area contributed by atoms with E-state index in [-0.39, 0.29) is 0 Å². The van der Waals surface area contributed by atoms with E-state index < -0.39 is 11.7 Å². The summed E-state index contributed by atoms with van der Waals surface area (Å²) in [6.45, 7) is 0.377. The van der Waals surface area contributed by atoms with Gasteiger partial charge in [0.2, 0.25) is 5.95 Å². The lowest BCUT2D eigenvalue weighted by Gasteiger charge is -2.08. The predicted molar refractivity (Wildman–Crippen MR) is 60.8 cm³/mol. The monoisotopic (exact) mass is 253 g/mol. The molecule has 0 atom stereocenters. The average Bonchev–Trinajstić information content (AvgIpc) is 2.37. The molecule has 3 nitrogen and oxygen atoms in total. The molecule has 2 rings (SSSR count). The van der Waals surface area contributed by atoms with Crippen molar-refractivity contribution in [2.75, 3.05) is 5.32 Å². The van der Waals surface area contributed by atoms with Crippen molar-refractivity contribution in [3.8, 4) is 0 Å². The minimum Gasteiger partial charge on any atom is -0.350 e. The molecule has 0 bridgehead atoms. The Morgan fingerprint density at radius 2 is 1.61 bits per heavy atom. The normalized spacial score (nSPS) is 11.3. The highest BCUT2D eigenvalue weighted by Crippen LogP contribution is 2.29. The van der Waals surface area contributed by atoms with Crippen LogP contribution in [0.2, 0.25) is 0 Å². The second-order valence-corrected chi connectivity index (χ2v) is 3.62. The number of aromatic nitrogens is 2. The van der Waals surface area contributed by atoms with Gasteiger partial charge in [0.15, 0.2) is 0 Å².